The summed E-state index contributed by atoms with van der Waals surface area (Å²) in [6, 6.07) is 13.6. The predicted molar refractivity (Wildman–Crippen MR) is 94.2 cm³/mol. The van der Waals surface area contributed by atoms with Crippen molar-refractivity contribution in [1.29, 1.82) is 0 Å². The number of amides is 1. The summed E-state index contributed by atoms with van der Waals surface area (Å²) >= 11 is 6.24. The van der Waals surface area contributed by atoms with Crippen LogP contribution in [0.4, 0.5) is 0 Å². The highest BCUT2D eigenvalue weighted by molar-refractivity contribution is 6.30. The Kier molecular flexibility index (Phi) is 6.05. The van der Waals surface area contributed by atoms with E-state index < -0.39 is 5.38 Å². The van der Waals surface area contributed by atoms with E-state index >= 15 is 0 Å². The van der Waals surface area contributed by atoms with Gasteiger partial charge in [-0.05, 0) is 49.1 Å². The van der Waals surface area contributed by atoms with Gasteiger partial charge in [0, 0.05) is 6.54 Å². The molecule has 0 aliphatic heterocycles. The van der Waals surface area contributed by atoms with E-state index in [0.29, 0.717) is 6.54 Å². The second-order valence-corrected chi connectivity index (χ2v) is 6.04. The van der Waals surface area contributed by atoms with Gasteiger partial charge in [-0.15, -0.1) is 11.6 Å². The minimum absolute atomic E-state index is 0.179. The monoisotopic (exact) mass is 331 g/mol. The third-order valence-electron chi connectivity index (χ3n) is 3.84. The number of rotatable bonds is 6. The van der Waals surface area contributed by atoms with Gasteiger partial charge in [0.1, 0.15) is 11.1 Å². The van der Waals surface area contributed by atoms with Crippen molar-refractivity contribution in [3.8, 4) is 5.75 Å². The van der Waals surface area contributed by atoms with E-state index in [4.69, 9.17) is 16.3 Å². The molecular formula is C19H22ClNO2. The van der Waals surface area contributed by atoms with Crippen LogP contribution in [0.5, 0.6) is 5.75 Å². The number of halogens is 1. The zero-order valence-electron chi connectivity index (χ0n) is 13.7. The zero-order chi connectivity index (χ0) is 16.8. The predicted octanol–water partition coefficient (Wildman–Crippen LogP) is 3.95. The number of nitrogens with one attached hydrogen (secondary N) is 1. The average Bonchev–Trinajstić information content (AvgIpc) is 2.57. The Morgan fingerprint density at radius 3 is 2.52 bits per heavy atom. The van der Waals surface area contributed by atoms with Gasteiger partial charge in [-0.3, -0.25) is 4.79 Å². The lowest BCUT2D eigenvalue weighted by atomic mass is 10.0. The Morgan fingerprint density at radius 2 is 1.87 bits per heavy atom. The van der Waals surface area contributed by atoms with Crippen molar-refractivity contribution in [3.05, 3.63) is 64.7 Å². The standard InChI is InChI=1S/C19H22ClNO2/c1-13-4-5-14(2)16(12-13)10-11-21-19(22)18(20)15-6-8-17(23-3)9-7-15/h4-9,12,18H,10-11H2,1-3H3,(H,21,22). The van der Waals surface area contributed by atoms with E-state index in [1.807, 2.05) is 0 Å². The van der Waals surface area contributed by atoms with Crippen molar-refractivity contribution >= 4 is 17.5 Å². The van der Waals surface area contributed by atoms with E-state index in [1.165, 1.54) is 16.7 Å². The van der Waals surface area contributed by atoms with Crippen molar-refractivity contribution < 1.29 is 9.53 Å². The molecule has 1 amide bonds. The third-order valence-corrected chi connectivity index (χ3v) is 4.29. The van der Waals surface area contributed by atoms with Gasteiger partial charge in [-0.1, -0.05) is 35.9 Å². The van der Waals surface area contributed by atoms with E-state index in [1.54, 1.807) is 31.4 Å². The van der Waals surface area contributed by atoms with Gasteiger partial charge in [0.25, 0.3) is 0 Å². The van der Waals surface area contributed by atoms with Crippen LogP contribution in [0.3, 0.4) is 0 Å². The molecule has 0 aromatic heterocycles. The number of hydrogen-bond donors (Lipinski definition) is 1. The van der Waals surface area contributed by atoms with E-state index in [-0.39, 0.29) is 5.91 Å². The first-order chi connectivity index (χ1) is 11.0. The number of benzene rings is 2. The number of aryl methyl sites for hydroxylation is 2. The first-order valence-corrected chi connectivity index (χ1v) is 8.07. The SMILES string of the molecule is COc1ccc(C(Cl)C(=O)NCCc2cc(C)ccc2C)cc1. The second kappa shape index (κ2) is 8.02. The summed E-state index contributed by atoms with van der Waals surface area (Å²) in [4.78, 5) is 12.2. The Bertz CT molecular complexity index is 668. The Balaban J connectivity index is 1.89. The quantitative estimate of drug-likeness (QED) is 0.814. The van der Waals surface area contributed by atoms with Crippen LogP contribution in [0.15, 0.2) is 42.5 Å². The molecule has 0 heterocycles. The van der Waals surface area contributed by atoms with Gasteiger partial charge in [0.05, 0.1) is 7.11 Å². The van der Waals surface area contributed by atoms with Crippen LogP contribution in [0.25, 0.3) is 0 Å². The molecule has 122 valence electrons. The van der Waals surface area contributed by atoms with Gasteiger partial charge >= 0.3 is 0 Å². The molecule has 1 N–H and O–H groups in total. The smallest absolute Gasteiger partial charge is 0.242 e. The summed E-state index contributed by atoms with van der Waals surface area (Å²) < 4.78 is 5.10. The molecule has 2 aromatic carbocycles. The summed E-state index contributed by atoms with van der Waals surface area (Å²) in [6.07, 6.45) is 0.797. The van der Waals surface area contributed by atoms with Gasteiger partial charge in [-0.25, -0.2) is 0 Å². The highest BCUT2D eigenvalue weighted by Crippen LogP contribution is 2.23. The van der Waals surface area contributed by atoms with Crippen LogP contribution < -0.4 is 10.1 Å². The molecule has 1 atom stereocenters. The minimum Gasteiger partial charge on any atom is -0.497 e. The molecule has 23 heavy (non-hydrogen) atoms. The molecule has 4 heteroatoms. The largest absolute Gasteiger partial charge is 0.497 e. The fourth-order valence-electron chi connectivity index (χ4n) is 2.40. The molecule has 0 aliphatic rings. The molecule has 1 unspecified atom stereocenters. The van der Waals surface area contributed by atoms with Crippen molar-refractivity contribution in [2.75, 3.05) is 13.7 Å². The maximum absolute atomic E-state index is 12.2. The van der Waals surface area contributed by atoms with Crippen LogP contribution in [0.1, 0.15) is 27.6 Å². The number of methoxy groups -OCH3 is 1. The molecule has 0 saturated heterocycles. The van der Waals surface area contributed by atoms with E-state index in [0.717, 1.165) is 17.7 Å². The van der Waals surface area contributed by atoms with Gasteiger partial charge in [0.15, 0.2) is 0 Å². The van der Waals surface area contributed by atoms with Gasteiger partial charge in [-0.2, -0.15) is 0 Å². The summed E-state index contributed by atoms with van der Waals surface area (Å²) in [7, 11) is 1.60. The van der Waals surface area contributed by atoms with Crippen molar-refractivity contribution in [2.24, 2.45) is 0 Å². The van der Waals surface area contributed by atoms with E-state index in [2.05, 4.69) is 37.4 Å². The molecule has 2 rings (SSSR count). The lowest BCUT2D eigenvalue weighted by Crippen LogP contribution is -2.29. The molecule has 0 radical (unpaired) electrons. The molecule has 3 nitrogen and oxygen atoms in total. The van der Waals surface area contributed by atoms with Crippen LogP contribution in [0, 0.1) is 13.8 Å². The zero-order valence-corrected chi connectivity index (χ0v) is 14.5. The molecule has 0 aliphatic carbocycles. The highest BCUT2D eigenvalue weighted by Gasteiger charge is 2.17. The van der Waals surface area contributed by atoms with Crippen molar-refractivity contribution in [1.82, 2.24) is 5.32 Å². The second-order valence-electron chi connectivity index (χ2n) is 5.61. The van der Waals surface area contributed by atoms with Crippen molar-refractivity contribution in [3.63, 3.8) is 0 Å². The Morgan fingerprint density at radius 1 is 1.17 bits per heavy atom. The number of hydrogen-bond acceptors (Lipinski definition) is 2. The average molecular weight is 332 g/mol. The van der Waals surface area contributed by atoms with Gasteiger partial charge < -0.3 is 10.1 Å². The molecule has 0 spiro atoms. The summed E-state index contributed by atoms with van der Waals surface area (Å²) in [5.41, 5.74) is 4.48. The third kappa shape index (κ3) is 4.73. The number of alkyl halides is 1. The summed E-state index contributed by atoms with van der Waals surface area (Å²) in [5.74, 6) is 0.565. The first kappa shape index (κ1) is 17.4. The number of ether oxygens (including phenoxy) is 1. The topological polar surface area (TPSA) is 38.3 Å². The molecule has 2 aromatic rings. The molecule has 0 fully saturated rings. The molecular weight excluding hydrogens is 310 g/mol. The number of carbonyl (C=O) groups excluding carboxylic acids is 1. The lowest BCUT2D eigenvalue weighted by molar-refractivity contribution is -0.120. The highest BCUT2D eigenvalue weighted by atomic mass is 35.5. The Hall–Kier alpha value is -2.00. The summed E-state index contributed by atoms with van der Waals surface area (Å²) in [5, 5.41) is 2.21. The van der Waals surface area contributed by atoms with Crippen LogP contribution in [0.2, 0.25) is 0 Å². The fourth-order valence-corrected chi connectivity index (χ4v) is 2.63. The number of carbonyl (C=O) groups is 1. The summed E-state index contributed by atoms with van der Waals surface area (Å²) in [6.45, 7) is 4.72. The molecule has 0 saturated carbocycles. The van der Waals surface area contributed by atoms with Gasteiger partial charge in [0.2, 0.25) is 5.91 Å². The first-order valence-electron chi connectivity index (χ1n) is 7.63. The maximum Gasteiger partial charge on any atom is 0.242 e. The van der Waals surface area contributed by atoms with Crippen LogP contribution in [-0.4, -0.2) is 19.6 Å². The Labute approximate surface area is 142 Å². The van der Waals surface area contributed by atoms with E-state index in [9.17, 15) is 4.79 Å². The van der Waals surface area contributed by atoms with Crippen molar-refractivity contribution in [2.45, 2.75) is 25.6 Å². The lowest BCUT2D eigenvalue weighted by Gasteiger charge is -2.12. The fraction of sp³-hybridized carbons (Fsp3) is 0.316. The maximum atomic E-state index is 12.2. The molecule has 0 bridgehead atoms. The van der Waals surface area contributed by atoms with Crippen LogP contribution in [-0.2, 0) is 11.2 Å². The van der Waals surface area contributed by atoms with Crippen LogP contribution >= 0.6 is 11.6 Å². The normalized spacial score (nSPS) is 11.8. The minimum atomic E-state index is -0.695.